The first-order chi connectivity index (χ1) is 16.9. The molecule has 0 unspecified atom stereocenters. The number of nitriles is 1. The topological polar surface area (TPSA) is 97.7 Å². The number of anilines is 1. The third kappa shape index (κ3) is 6.85. The normalized spacial score (nSPS) is 10.7. The van der Waals surface area contributed by atoms with Crippen LogP contribution in [0.15, 0.2) is 72.3 Å². The second kappa shape index (κ2) is 12.3. The summed E-state index contributed by atoms with van der Waals surface area (Å²) in [6, 6.07) is 20.6. The summed E-state index contributed by atoms with van der Waals surface area (Å²) in [6.45, 7) is 2.51. The fourth-order valence-corrected chi connectivity index (χ4v) is 3.28. The van der Waals surface area contributed by atoms with Crippen LogP contribution >= 0.6 is 11.6 Å². The van der Waals surface area contributed by atoms with Gasteiger partial charge in [0, 0.05) is 16.3 Å². The van der Waals surface area contributed by atoms with E-state index in [2.05, 4.69) is 10.1 Å². The quantitative estimate of drug-likeness (QED) is 0.236. The predicted molar refractivity (Wildman–Crippen MR) is 133 cm³/mol. The average Bonchev–Trinajstić information content (AvgIpc) is 2.87. The molecule has 0 aliphatic carbocycles. The lowest BCUT2D eigenvalue weighted by atomic mass is 10.1. The molecule has 3 aromatic rings. The summed E-state index contributed by atoms with van der Waals surface area (Å²) in [5.74, 6) is -0.0813. The van der Waals surface area contributed by atoms with Gasteiger partial charge >= 0.3 is 5.97 Å². The fraction of sp³-hybridized carbons (Fsp3) is 0.148. The van der Waals surface area contributed by atoms with Gasteiger partial charge in [-0.15, -0.1) is 0 Å². The Hall–Kier alpha value is -4.28. The highest BCUT2D eigenvalue weighted by molar-refractivity contribution is 6.31. The van der Waals surface area contributed by atoms with Crippen LogP contribution in [0.3, 0.4) is 0 Å². The molecule has 0 radical (unpaired) electrons. The predicted octanol–water partition coefficient (Wildman–Crippen LogP) is 5.65. The van der Waals surface area contributed by atoms with Crippen molar-refractivity contribution in [2.75, 3.05) is 19.0 Å². The second-order valence-electron chi connectivity index (χ2n) is 7.21. The van der Waals surface area contributed by atoms with Crippen LogP contribution in [0.4, 0.5) is 5.69 Å². The summed E-state index contributed by atoms with van der Waals surface area (Å²) >= 11 is 6.20. The summed E-state index contributed by atoms with van der Waals surface area (Å²) < 4.78 is 16.2. The Morgan fingerprint density at radius 1 is 1.03 bits per heavy atom. The summed E-state index contributed by atoms with van der Waals surface area (Å²) in [5, 5.41) is 12.8. The molecular weight excluding hydrogens is 468 g/mol. The Labute approximate surface area is 208 Å². The van der Waals surface area contributed by atoms with E-state index >= 15 is 0 Å². The molecule has 0 saturated carbocycles. The molecule has 178 valence electrons. The monoisotopic (exact) mass is 490 g/mol. The highest BCUT2D eigenvalue weighted by Crippen LogP contribution is 2.31. The molecule has 8 heteroatoms. The van der Waals surface area contributed by atoms with E-state index in [4.69, 9.17) is 21.1 Å². The van der Waals surface area contributed by atoms with Crippen molar-refractivity contribution >= 4 is 35.2 Å². The Morgan fingerprint density at radius 3 is 2.43 bits per heavy atom. The van der Waals surface area contributed by atoms with Crippen molar-refractivity contribution in [1.29, 1.82) is 5.26 Å². The molecule has 35 heavy (non-hydrogen) atoms. The fourth-order valence-electron chi connectivity index (χ4n) is 3.09. The third-order valence-electron chi connectivity index (χ3n) is 4.85. The zero-order chi connectivity index (χ0) is 25.2. The first-order valence-electron chi connectivity index (χ1n) is 10.7. The zero-order valence-corrected chi connectivity index (χ0v) is 20.0. The van der Waals surface area contributed by atoms with E-state index in [1.807, 2.05) is 31.2 Å². The summed E-state index contributed by atoms with van der Waals surface area (Å²) in [5.41, 5.74) is 2.10. The van der Waals surface area contributed by atoms with E-state index in [1.165, 1.54) is 25.3 Å². The SMILES string of the molecule is CCOc1cc(/C=C(\C#N)C(=O)Nc2ccc(C(=O)OC)cc2)ccc1OCc1ccccc1Cl. The second-order valence-corrected chi connectivity index (χ2v) is 7.62. The number of carbonyl (C=O) groups excluding carboxylic acids is 2. The van der Waals surface area contributed by atoms with Crippen molar-refractivity contribution in [2.45, 2.75) is 13.5 Å². The number of nitrogens with one attached hydrogen (secondary N) is 1. The number of methoxy groups -OCH3 is 1. The van der Waals surface area contributed by atoms with E-state index in [0.29, 0.717) is 39.9 Å². The molecule has 0 bridgehead atoms. The van der Waals surface area contributed by atoms with Gasteiger partial charge in [0.05, 0.1) is 19.3 Å². The van der Waals surface area contributed by atoms with Crippen LogP contribution in [-0.4, -0.2) is 25.6 Å². The third-order valence-corrected chi connectivity index (χ3v) is 5.22. The van der Waals surface area contributed by atoms with Crippen LogP contribution in [0.1, 0.15) is 28.4 Å². The van der Waals surface area contributed by atoms with Crippen molar-refractivity contribution in [3.8, 4) is 17.6 Å². The smallest absolute Gasteiger partial charge is 0.337 e. The number of hydrogen-bond acceptors (Lipinski definition) is 6. The van der Waals surface area contributed by atoms with Crippen molar-refractivity contribution in [3.63, 3.8) is 0 Å². The molecule has 0 spiro atoms. The van der Waals surface area contributed by atoms with Gasteiger partial charge in [-0.2, -0.15) is 5.26 Å². The molecule has 0 fully saturated rings. The minimum absolute atomic E-state index is 0.103. The van der Waals surface area contributed by atoms with Crippen LogP contribution in [0.2, 0.25) is 5.02 Å². The number of carbonyl (C=O) groups is 2. The highest BCUT2D eigenvalue weighted by atomic mass is 35.5. The van der Waals surface area contributed by atoms with E-state index in [0.717, 1.165) is 5.56 Å². The molecule has 0 aliphatic heterocycles. The summed E-state index contributed by atoms with van der Waals surface area (Å²) in [7, 11) is 1.29. The molecular formula is C27H23ClN2O5. The number of hydrogen-bond donors (Lipinski definition) is 1. The Morgan fingerprint density at radius 2 is 1.77 bits per heavy atom. The van der Waals surface area contributed by atoms with E-state index in [1.54, 1.807) is 36.4 Å². The maximum Gasteiger partial charge on any atom is 0.337 e. The maximum absolute atomic E-state index is 12.6. The molecule has 0 aromatic heterocycles. The molecule has 3 aromatic carbocycles. The van der Waals surface area contributed by atoms with Crippen LogP contribution < -0.4 is 14.8 Å². The van der Waals surface area contributed by atoms with Crippen molar-refractivity contribution < 1.29 is 23.8 Å². The van der Waals surface area contributed by atoms with Gasteiger partial charge in [-0.25, -0.2) is 4.79 Å². The number of esters is 1. The Bertz CT molecular complexity index is 1280. The van der Waals surface area contributed by atoms with Gasteiger partial charge in [-0.05, 0) is 61.0 Å². The zero-order valence-electron chi connectivity index (χ0n) is 19.2. The van der Waals surface area contributed by atoms with Gasteiger partial charge in [0.15, 0.2) is 11.5 Å². The van der Waals surface area contributed by atoms with Gasteiger partial charge in [0.2, 0.25) is 0 Å². The minimum atomic E-state index is -0.588. The van der Waals surface area contributed by atoms with E-state index < -0.39 is 11.9 Å². The van der Waals surface area contributed by atoms with Gasteiger partial charge in [0.25, 0.3) is 5.91 Å². The van der Waals surface area contributed by atoms with Gasteiger partial charge < -0.3 is 19.5 Å². The molecule has 1 N–H and O–H groups in total. The molecule has 7 nitrogen and oxygen atoms in total. The lowest BCUT2D eigenvalue weighted by Gasteiger charge is -2.13. The first kappa shape index (κ1) is 25.3. The molecule has 0 saturated heterocycles. The van der Waals surface area contributed by atoms with E-state index in [9.17, 15) is 14.9 Å². The number of rotatable bonds is 9. The average molecular weight is 491 g/mol. The lowest BCUT2D eigenvalue weighted by molar-refractivity contribution is -0.112. The van der Waals surface area contributed by atoms with Crippen LogP contribution in [-0.2, 0) is 16.1 Å². The number of nitrogens with zero attached hydrogens (tertiary/aromatic N) is 1. The molecule has 1 amide bonds. The lowest BCUT2D eigenvalue weighted by Crippen LogP contribution is -2.13. The standard InChI is InChI=1S/C27H23ClN2O5/c1-3-34-25-15-18(8-13-24(25)35-17-20-6-4-5-7-23(20)28)14-21(16-29)26(31)30-22-11-9-19(10-12-22)27(32)33-2/h4-15H,3,17H2,1-2H3,(H,30,31)/b21-14+. The van der Waals surface area contributed by atoms with Crippen LogP contribution in [0.5, 0.6) is 11.5 Å². The van der Waals surface area contributed by atoms with Crippen LogP contribution in [0.25, 0.3) is 6.08 Å². The highest BCUT2D eigenvalue weighted by Gasteiger charge is 2.13. The van der Waals surface area contributed by atoms with Gasteiger partial charge in [0.1, 0.15) is 18.2 Å². The van der Waals surface area contributed by atoms with Crippen molar-refractivity contribution in [1.82, 2.24) is 0 Å². The van der Waals surface area contributed by atoms with Crippen LogP contribution in [0, 0.1) is 11.3 Å². The Balaban J connectivity index is 1.76. The largest absolute Gasteiger partial charge is 0.490 e. The van der Waals surface area contributed by atoms with Crippen molar-refractivity contribution in [2.24, 2.45) is 0 Å². The minimum Gasteiger partial charge on any atom is -0.490 e. The molecule has 0 heterocycles. The van der Waals surface area contributed by atoms with E-state index in [-0.39, 0.29) is 12.2 Å². The molecule has 3 rings (SSSR count). The maximum atomic E-state index is 12.6. The van der Waals surface area contributed by atoms with Gasteiger partial charge in [-0.1, -0.05) is 35.9 Å². The number of ether oxygens (including phenoxy) is 3. The number of benzene rings is 3. The summed E-state index contributed by atoms with van der Waals surface area (Å²) in [6.07, 6.45) is 1.46. The van der Waals surface area contributed by atoms with Gasteiger partial charge in [-0.3, -0.25) is 4.79 Å². The molecule has 0 atom stereocenters. The Kier molecular flexibility index (Phi) is 8.88. The first-order valence-corrected chi connectivity index (χ1v) is 11.1. The number of halogens is 1. The summed E-state index contributed by atoms with van der Waals surface area (Å²) in [4.78, 5) is 24.2. The van der Waals surface area contributed by atoms with Crippen molar-refractivity contribution in [3.05, 3.63) is 94.0 Å². The number of amides is 1. The molecule has 0 aliphatic rings.